The van der Waals surface area contributed by atoms with Gasteiger partial charge in [-0.25, -0.2) is 0 Å². The molecule has 3 unspecified atom stereocenters. The average Bonchev–Trinajstić information content (AvgIpc) is 2.74. The fourth-order valence-electron chi connectivity index (χ4n) is 6.04. The number of aliphatic hydroxyl groups excluding tert-OH is 1. The molecule has 0 radical (unpaired) electrons. The minimum atomic E-state index is -0.140. The van der Waals surface area contributed by atoms with Crippen LogP contribution < -0.4 is 0 Å². The summed E-state index contributed by atoms with van der Waals surface area (Å²) in [6, 6.07) is 6.90. The third-order valence-electron chi connectivity index (χ3n) is 7.33. The molecule has 0 aromatic heterocycles. The molecule has 1 N–H and O–H groups in total. The van der Waals surface area contributed by atoms with Crippen LogP contribution in [0.2, 0.25) is 0 Å². The lowest BCUT2D eigenvalue weighted by Gasteiger charge is -2.52. The van der Waals surface area contributed by atoms with Crippen molar-refractivity contribution in [2.24, 2.45) is 23.2 Å². The van der Waals surface area contributed by atoms with Crippen LogP contribution in [0.1, 0.15) is 62.1 Å². The Morgan fingerprint density at radius 3 is 2.81 bits per heavy atom. The molecule has 2 saturated carbocycles. The summed E-state index contributed by atoms with van der Waals surface area (Å²) >= 11 is 0. The first-order valence-corrected chi connectivity index (χ1v) is 8.78. The smallest absolute Gasteiger partial charge is 0.0617 e. The number of benzene rings is 1. The molecular formula is C20H28O. The Bertz CT molecular complexity index is 563. The molecule has 1 aromatic rings. The van der Waals surface area contributed by atoms with Gasteiger partial charge in [0.05, 0.1) is 6.10 Å². The molecule has 0 bridgehead atoms. The van der Waals surface area contributed by atoms with Gasteiger partial charge in [0.25, 0.3) is 0 Å². The molecule has 0 spiro atoms. The molecule has 0 heterocycles. The highest BCUT2D eigenvalue weighted by Gasteiger charge is 2.56. The molecule has 4 rings (SSSR count). The minimum absolute atomic E-state index is 0.140. The van der Waals surface area contributed by atoms with Gasteiger partial charge >= 0.3 is 0 Å². The number of aliphatic hydroxyl groups is 1. The normalized spacial score (nSPS) is 44.9. The Morgan fingerprint density at radius 1 is 1.19 bits per heavy atom. The quantitative estimate of drug-likeness (QED) is 0.746. The van der Waals surface area contributed by atoms with E-state index in [-0.39, 0.29) is 6.10 Å². The fourth-order valence-corrected chi connectivity index (χ4v) is 6.04. The van der Waals surface area contributed by atoms with Gasteiger partial charge in [-0.05, 0) is 73.3 Å². The molecule has 0 saturated heterocycles. The highest BCUT2D eigenvalue weighted by Crippen LogP contribution is 2.62. The molecule has 3 aliphatic rings. The van der Waals surface area contributed by atoms with E-state index in [2.05, 4.69) is 39.0 Å². The van der Waals surface area contributed by atoms with Crippen LogP contribution in [0.25, 0.3) is 0 Å². The monoisotopic (exact) mass is 284 g/mol. The van der Waals surface area contributed by atoms with Crippen LogP contribution in [0.5, 0.6) is 0 Å². The SMILES string of the molecule is Cc1ccc2c(c1)CCC1C2[C@H](O)C[C@@]2(C)C1CC[C@@H]2C. The first-order valence-electron chi connectivity index (χ1n) is 8.78. The standard InChI is InChI=1S/C20H28O/c1-12-4-7-15-14(10-12)6-8-16-17-9-5-13(2)20(17,3)11-18(21)19(15)16/h4,7,10,13,16-19,21H,5-6,8-9,11H2,1-3H3/t13-,16?,17?,18+,19?,20+/m0/s1. The third-order valence-corrected chi connectivity index (χ3v) is 7.33. The van der Waals surface area contributed by atoms with Crippen molar-refractivity contribution in [2.45, 2.75) is 64.9 Å². The van der Waals surface area contributed by atoms with Crippen molar-refractivity contribution in [3.05, 3.63) is 34.9 Å². The van der Waals surface area contributed by atoms with Crippen LogP contribution in [-0.2, 0) is 6.42 Å². The summed E-state index contributed by atoms with van der Waals surface area (Å²) < 4.78 is 0. The van der Waals surface area contributed by atoms with Crippen molar-refractivity contribution in [2.75, 3.05) is 0 Å². The van der Waals surface area contributed by atoms with Crippen LogP contribution >= 0.6 is 0 Å². The second-order valence-corrected chi connectivity index (χ2v) is 8.29. The van der Waals surface area contributed by atoms with E-state index in [1.807, 2.05) is 0 Å². The van der Waals surface area contributed by atoms with E-state index in [0.717, 1.165) is 18.3 Å². The summed E-state index contributed by atoms with van der Waals surface area (Å²) in [5.41, 5.74) is 4.70. The first kappa shape index (κ1) is 13.8. The molecule has 2 fully saturated rings. The molecule has 1 aromatic carbocycles. The van der Waals surface area contributed by atoms with Gasteiger partial charge in [0, 0.05) is 5.92 Å². The molecular weight excluding hydrogens is 256 g/mol. The Balaban J connectivity index is 1.76. The van der Waals surface area contributed by atoms with Crippen molar-refractivity contribution < 1.29 is 5.11 Å². The predicted molar refractivity (Wildman–Crippen MR) is 86.3 cm³/mol. The summed E-state index contributed by atoms with van der Waals surface area (Å²) in [5, 5.41) is 11.0. The van der Waals surface area contributed by atoms with E-state index in [1.54, 1.807) is 0 Å². The van der Waals surface area contributed by atoms with E-state index >= 15 is 0 Å². The minimum Gasteiger partial charge on any atom is -0.392 e. The van der Waals surface area contributed by atoms with Crippen LogP contribution in [0.4, 0.5) is 0 Å². The number of hydrogen-bond acceptors (Lipinski definition) is 1. The zero-order valence-corrected chi connectivity index (χ0v) is 13.6. The number of hydrogen-bond donors (Lipinski definition) is 1. The molecule has 0 aliphatic heterocycles. The largest absolute Gasteiger partial charge is 0.392 e. The van der Waals surface area contributed by atoms with Crippen LogP contribution in [0, 0.1) is 30.1 Å². The summed E-state index contributed by atoms with van der Waals surface area (Å²) in [5.74, 6) is 2.71. The predicted octanol–water partition coefficient (Wildman–Crippen LogP) is 4.46. The van der Waals surface area contributed by atoms with E-state index < -0.39 is 0 Å². The van der Waals surface area contributed by atoms with Gasteiger partial charge < -0.3 is 5.11 Å². The first-order chi connectivity index (χ1) is 10.0. The van der Waals surface area contributed by atoms with Crippen molar-refractivity contribution in [1.29, 1.82) is 0 Å². The zero-order valence-electron chi connectivity index (χ0n) is 13.6. The second kappa shape index (κ2) is 4.59. The summed E-state index contributed by atoms with van der Waals surface area (Å²) in [6.07, 6.45) is 6.10. The molecule has 1 nitrogen and oxygen atoms in total. The number of fused-ring (bicyclic) bond motifs is 5. The van der Waals surface area contributed by atoms with E-state index in [0.29, 0.717) is 17.3 Å². The van der Waals surface area contributed by atoms with Gasteiger partial charge in [-0.2, -0.15) is 0 Å². The molecule has 21 heavy (non-hydrogen) atoms. The van der Waals surface area contributed by atoms with Crippen molar-refractivity contribution in [3.8, 4) is 0 Å². The van der Waals surface area contributed by atoms with Gasteiger partial charge in [0.15, 0.2) is 0 Å². The van der Waals surface area contributed by atoms with E-state index in [1.165, 1.54) is 42.4 Å². The molecule has 0 amide bonds. The Labute approximate surface area is 128 Å². The topological polar surface area (TPSA) is 20.2 Å². The third kappa shape index (κ3) is 1.86. The molecule has 6 atom stereocenters. The highest BCUT2D eigenvalue weighted by atomic mass is 16.3. The van der Waals surface area contributed by atoms with Gasteiger partial charge in [0.1, 0.15) is 0 Å². The van der Waals surface area contributed by atoms with Crippen LogP contribution in [0.3, 0.4) is 0 Å². The molecule has 3 aliphatic carbocycles. The Morgan fingerprint density at radius 2 is 2.00 bits per heavy atom. The van der Waals surface area contributed by atoms with Gasteiger partial charge in [-0.15, -0.1) is 0 Å². The molecule has 1 heteroatoms. The lowest BCUT2D eigenvalue weighted by atomic mass is 9.53. The average molecular weight is 284 g/mol. The number of aryl methyl sites for hydroxylation is 2. The molecule has 114 valence electrons. The summed E-state index contributed by atoms with van der Waals surface area (Å²) in [7, 11) is 0. The van der Waals surface area contributed by atoms with Crippen molar-refractivity contribution in [1.82, 2.24) is 0 Å². The maximum atomic E-state index is 11.0. The van der Waals surface area contributed by atoms with E-state index in [4.69, 9.17) is 0 Å². The van der Waals surface area contributed by atoms with E-state index in [9.17, 15) is 5.11 Å². The lowest BCUT2D eigenvalue weighted by Crippen LogP contribution is -2.48. The summed E-state index contributed by atoms with van der Waals surface area (Å²) in [4.78, 5) is 0. The number of rotatable bonds is 0. The van der Waals surface area contributed by atoms with Crippen LogP contribution in [0.15, 0.2) is 18.2 Å². The van der Waals surface area contributed by atoms with Gasteiger partial charge in [0.2, 0.25) is 0 Å². The maximum Gasteiger partial charge on any atom is 0.0617 e. The fraction of sp³-hybridized carbons (Fsp3) is 0.700. The van der Waals surface area contributed by atoms with Crippen LogP contribution in [-0.4, -0.2) is 11.2 Å². The van der Waals surface area contributed by atoms with Gasteiger partial charge in [-0.3, -0.25) is 0 Å². The zero-order chi connectivity index (χ0) is 14.8. The van der Waals surface area contributed by atoms with Gasteiger partial charge in [-0.1, -0.05) is 37.6 Å². The second-order valence-electron chi connectivity index (χ2n) is 8.29. The summed E-state index contributed by atoms with van der Waals surface area (Å²) in [6.45, 7) is 7.05. The maximum absolute atomic E-state index is 11.0. The Kier molecular flexibility index (Phi) is 3.02. The lowest BCUT2D eigenvalue weighted by molar-refractivity contribution is -0.0522. The van der Waals surface area contributed by atoms with Crippen molar-refractivity contribution >= 4 is 0 Å². The Hall–Kier alpha value is -0.820. The van der Waals surface area contributed by atoms with Crippen molar-refractivity contribution in [3.63, 3.8) is 0 Å². The highest BCUT2D eigenvalue weighted by molar-refractivity contribution is 5.38.